The molecule has 0 unspecified atom stereocenters. The van der Waals surface area contributed by atoms with Gasteiger partial charge in [-0.25, -0.2) is 18.4 Å². The third kappa shape index (κ3) is 3.73. The summed E-state index contributed by atoms with van der Waals surface area (Å²) in [6.07, 6.45) is 0. The summed E-state index contributed by atoms with van der Waals surface area (Å²) < 4.78 is 28.6. The fourth-order valence-electron chi connectivity index (χ4n) is 3.67. The number of carbonyl (C=O) groups excluding carboxylic acids is 1. The first-order valence-electron chi connectivity index (χ1n) is 10.1. The number of hydrogen-bond acceptors (Lipinski definition) is 7. The minimum absolute atomic E-state index is 0.0366. The first kappa shape index (κ1) is 21.1. The molecule has 0 atom stereocenters. The van der Waals surface area contributed by atoms with E-state index in [9.17, 15) is 13.2 Å². The van der Waals surface area contributed by atoms with Gasteiger partial charge in [0.1, 0.15) is 16.2 Å². The average molecular weight is 478 g/mol. The molecule has 0 bridgehead atoms. The Kier molecular flexibility index (Phi) is 5.31. The van der Waals surface area contributed by atoms with Gasteiger partial charge < -0.3 is 15.6 Å². The van der Waals surface area contributed by atoms with Crippen molar-refractivity contribution < 1.29 is 13.2 Å². The summed E-state index contributed by atoms with van der Waals surface area (Å²) >= 11 is 1.34. The molecule has 2 aromatic carbocycles. The number of nitrogens with zero attached hydrogens (tertiary/aromatic N) is 3. The Bertz CT molecular complexity index is 1580. The van der Waals surface area contributed by atoms with E-state index in [4.69, 9.17) is 5.73 Å². The van der Waals surface area contributed by atoms with Gasteiger partial charge in [0.25, 0.3) is 5.91 Å². The Morgan fingerprint density at radius 1 is 0.970 bits per heavy atom. The maximum atomic E-state index is 13.5. The SMILES string of the molecule is Nc1c(S(=O)(=O)c2ccccc2)c2nc3ccccc3nc2n1CCNC(=O)c1cccs1. The highest BCUT2D eigenvalue weighted by Gasteiger charge is 2.30. The molecule has 10 heteroatoms. The van der Waals surface area contributed by atoms with E-state index in [-0.39, 0.29) is 40.1 Å². The van der Waals surface area contributed by atoms with E-state index < -0.39 is 9.84 Å². The molecule has 5 rings (SSSR count). The Morgan fingerprint density at radius 2 is 1.67 bits per heavy atom. The number of nitrogens with one attached hydrogen (secondary N) is 1. The number of aromatic nitrogens is 3. The van der Waals surface area contributed by atoms with Crippen molar-refractivity contribution in [3.8, 4) is 0 Å². The van der Waals surface area contributed by atoms with Crippen molar-refractivity contribution in [3.05, 3.63) is 77.0 Å². The van der Waals surface area contributed by atoms with Crippen LogP contribution in [0, 0.1) is 0 Å². The largest absolute Gasteiger partial charge is 0.384 e. The summed E-state index contributed by atoms with van der Waals surface area (Å²) in [5, 5.41) is 4.67. The summed E-state index contributed by atoms with van der Waals surface area (Å²) in [6, 6.07) is 18.9. The van der Waals surface area contributed by atoms with Crippen molar-refractivity contribution in [2.45, 2.75) is 16.3 Å². The minimum Gasteiger partial charge on any atom is -0.384 e. The second kappa shape index (κ2) is 8.30. The van der Waals surface area contributed by atoms with Crippen molar-refractivity contribution in [1.29, 1.82) is 0 Å². The molecule has 0 radical (unpaired) electrons. The van der Waals surface area contributed by atoms with Crippen molar-refractivity contribution >= 4 is 55.1 Å². The lowest BCUT2D eigenvalue weighted by molar-refractivity contribution is 0.0956. The predicted octanol–water partition coefficient (Wildman–Crippen LogP) is 3.49. The number of thiophene rings is 1. The van der Waals surface area contributed by atoms with Crippen molar-refractivity contribution in [1.82, 2.24) is 19.9 Å². The first-order chi connectivity index (χ1) is 16.0. The van der Waals surface area contributed by atoms with Gasteiger partial charge in [-0.2, -0.15) is 0 Å². The van der Waals surface area contributed by atoms with Crippen LogP contribution >= 0.6 is 11.3 Å². The molecule has 0 aliphatic heterocycles. The summed E-state index contributed by atoms with van der Waals surface area (Å²) in [4.78, 5) is 22.2. The number of nitrogens with two attached hydrogens (primary N) is 1. The molecule has 3 aromatic heterocycles. The van der Waals surface area contributed by atoms with Crippen LogP contribution in [0.1, 0.15) is 9.67 Å². The molecule has 5 aromatic rings. The van der Waals surface area contributed by atoms with Crippen LogP contribution in [0.25, 0.3) is 22.2 Å². The Morgan fingerprint density at radius 3 is 2.36 bits per heavy atom. The quantitative estimate of drug-likeness (QED) is 0.386. The zero-order chi connectivity index (χ0) is 23.0. The van der Waals surface area contributed by atoms with Crippen LogP contribution in [0.2, 0.25) is 0 Å². The van der Waals surface area contributed by atoms with Gasteiger partial charge in [0.05, 0.1) is 20.8 Å². The molecule has 33 heavy (non-hydrogen) atoms. The Hall–Kier alpha value is -3.76. The maximum Gasteiger partial charge on any atom is 0.261 e. The van der Waals surface area contributed by atoms with Gasteiger partial charge in [-0.05, 0) is 35.7 Å². The van der Waals surface area contributed by atoms with Gasteiger partial charge in [0.2, 0.25) is 9.84 Å². The number of sulfone groups is 1. The first-order valence-corrected chi connectivity index (χ1v) is 12.5. The summed E-state index contributed by atoms with van der Waals surface area (Å²) in [6.45, 7) is 0.473. The van der Waals surface area contributed by atoms with E-state index in [1.807, 2.05) is 17.5 Å². The zero-order valence-corrected chi connectivity index (χ0v) is 18.9. The highest BCUT2D eigenvalue weighted by molar-refractivity contribution is 7.92. The van der Waals surface area contributed by atoms with Crippen molar-refractivity contribution in [3.63, 3.8) is 0 Å². The molecule has 8 nitrogen and oxygen atoms in total. The molecule has 0 saturated carbocycles. The van der Waals surface area contributed by atoms with E-state index >= 15 is 0 Å². The van der Waals surface area contributed by atoms with Gasteiger partial charge >= 0.3 is 0 Å². The molecule has 1 amide bonds. The third-order valence-corrected chi connectivity index (χ3v) is 7.94. The third-order valence-electron chi connectivity index (χ3n) is 5.23. The van der Waals surface area contributed by atoms with Gasteiger partial charge in [-0.15, -0.1) is 11.3 Å². The highest BCUT2D eigenvalue weighted by Crippen LogP contribution is 2.35. The number of para-hydroxylation sites is 2. The van der Waals surface area contributed by atoms with Crippen LogP contribution in [-0.2, 0) is 16.4 Å². The summed E-state index contributed by atoms with van der Waals surface area (Å²) in [5.74, 6) is -0.164. The Balaban J connectivity index is 1.62. The van der Waals surface area contributed by atoms with Gasteiger partial charge in [-0.3, -0.25) is 4.79 Å². The van der Waals surface area contributed by atoms with E-state index in [1.165, 1.54) is 23.5 Å². The number of anilines is 1. The van der Waals surface area contributed by atoms with Crippen LogP contribution in [0.4, 0.5) is 5.82 Å². The van der Waals surface area contributed by atoms with Gasteiger partial charge in [0, 0.05) is 13.1 Å². The summed E-state index contributed by atoms with van der Waals surface area (Å²) in [7, 11) is -3.95. The average Bonchev–Trinajstić information content (AvgIpc) is 3.45. The zero-order valence-electron chi connectivity index (χ0n) is 17.3. The lowest BCUT2D eigenvalue weighted by Crippen LogP contribution is -2.27. The van der Waals surface area contributed by atoms with E-state index in [2.05, 4.69) is 15.3 Å². The molecular weight excluding hydrogens is 458 g/mol. The smallest absolute Gasteiger partial charge is 0.261 e. The van der Waals surface area contributed by atoms with Crippen LogP contribution < -0.4 is 11.1 Å². The fraction of sp³-hybridized carbons (Fsp3) is 0.0870. The van der Waals surface area contributed by atoms with Crippen LogP contribution in [-0.4, -0.2) is 35.4 Å². The van der Waals surface area contributed by atoms with E-state index in [0.29, 0.717) is 21.6 Å². The lowest BCUT2D eigenvalue weighted by Gasteiger charge is -2.09. The summed E-state index contributed by atoms with van der Waals surface area (Å²) in [5.41, 5.74) is 8.16. The van der Waals surface area contributed by atoms with Gasteiger partial charge in [-0.1, -0.05) is 36.4 Å². The number of rotatable bonds is 6. The highest BCUT2D eigenvalue weighted by atomic mass is 32.2. The van der Waals surface area contributed by atoms with Crippen molar-refractivity contribution in [2.24, 2.45) is 0 Å². The number of nitrogen functional groups attached to an aromatic ring is 1. The van der Waals surface area contributed by atoms with Crippen molar-refractivity contribution in [2.75, 3.05) is 12.3 Å². The lowest BCUT2D eigenvalue weighted by atomic mass is 10.3. The molecule has 3 N–H and O–H groups in total. The number of benzene rings is 2. The number of carbonyl (C=O) groups is 1. The predicted molar refractivity (Wildman–Crippen MR) is 128 cm³/mol. The van der Waals surface area contributed by atoms with Gasteiger partial charge in [0.15, 0.2) is 5.65 Å². The maximum absolute atomic E-state index is 13.5. The molecule has 0 aliphatic carbocycles. The van der Waals surface area contributed by atoms with E-state index in [1.54, 1.807) is 47.0 Å². The standard InChI is InChI=1S/C23H19N5O3S2/c24-21-20(33(30,31)15-7-2-1-3-8-15)19-22(27-17-10-5-4-9-16(17)26-19)28(21)13-12-25-23(29)18-11-6-14-32-18/h1-11,14H,12-13,24H2,(H,25,29). The minimum atomic E-state index is -3.95. The molecule has 0 spiro atoms. The molecule has 0 aliphatic rings. The van der Waals surface area contributed by atoms with Crippen LogP contribution in [0.3, 0.4) is 0 Å². The molecular formula is C23H19N5O3S2. The second-order valence-corrected chi connectivity index (χ2v) is 10.1. The van der Waals surface area contributed by atoms with E-state index in [0.717, 1.165) is 0 Å². The number of fused-ring (bicyclic) bond motifs is 2. The molecule has 0 fully saturated rings. The topological polar surface area (TPSA) is 120 Å². The van der Waals surface area contributed by atoms with Crippen LogP contribution in [0.15, 0.2) is 81.9 Å². The normalized spacial score (nSPS) is 11.8. The monoisotopic (exact) mass is 477 g/mol. The van der Waals surface area contributed by atoms with Crippen LogP contribution in [0.5, 0.6) is 0 Å². The molecule has 3 heterocycles. The molecule has 0 saturated heterocycles. The number of hydrogen-bond donors (Lipinski definition) is 2. The Labute approximate surface area is 193 Å². The fourth-order valence-corrected chi connectivity index (χ4v) is 5.84. The number of amides is 1. The second-order valence-electron chi connectivity index (χ2n) is 7.30. The molecule has 166 valence electrons.